The van der Waals surface area contributed by atoms with Crippen LogP contribution in [0.4, 0.5) is 0 Å². The van der Waals surface area contributed by atoms with Crippen molar-refractivity contribution in [2.75, 3.05) is 13.7 Å². The van der Waals surface area contributed by atoms with E-state index in [1.165, 1.54) is 0 Å². The molecule has 5 nitrogen and oxygen atoms in total. The van der Waals surface area contributed by atoms with Crippen molar-refractivity contribution in [1.82, 2.24) is 0 Å². The minimum absolute atomic E-state index is 0.0187. The molecule has 1 heterocycles. The van der Waals surface area contributed by atoms with Gasteiger partial charge in [-0.25, -0.2) is 0 Å². The number of hydrogen-bond acceptors (Lipinski definition) is 4. The third-order valence-electron chi connectivity index (χ3n) is 2.40. The van der Waals surface area contributed by atoms with Crippen molar-refractivity contribution in [3.8, 4) is 11.5 Å². The van der Waals surface area contributed by atoms with Gasteiger partial charge in [-0.05, 0) is 12.1 Å². The molecule has 0 fully saturated rings. The third-order valence-corrected chi connectivity index (χ3v) is 2.40. The smallest absolute Gasteiger partial charge is 0.173 e. The number of benzene rings is 1. The van der Waals surface area contributed by atoms with Crippen LogP contribution in [0, 0.1) is 0 Å². The van der Waals surface area contributed by atoms with Crippen LogP contribution in [0.25, 0.3) is 0 Å². The molecule has 3 N–H and O–H groups in total. The molecule has 0 aliphatic carbocycles. The number of amidine groups is 1. The number of hydrogen-bond donors (Lipinski definition) is 2. The molecular formula is C10H12N2O3. The molecule has 5 heteroatoms. The van der Waals surface area contributed by atoms with E-state index in [0.717, 1.165) is 17.7 Å². The van der Waals surface area contributed by atoms with E-state index in [1.54, 1.807) is 13.2 Å². The van der Waals surface area contributed by atoms with Crippen molar-refractivity contribution >= 4 is 5.84 Å². The number of methoxy groups -OCH3 is 1. The van der Waals surface area contributed by atoms with E-state index in [1.807, 2.05) is 6.07 Å². The van der Waals surface area contributed by atoms with Crippen LogP contribution in [0.3, 0.4) is 0 Å². The summed E-state index contributed by atoms with van der Waals surface area (Å²) in [6.45, 7) is 0.665. The topological polar surface area (TPSA) is 77.1 Å². The summed E-state index contributed by atoms with van der Waals surface area (Å²) in [5.41, 5.74) is 7.16. The van der Waals surface area contributed by atoms with Gasteiger partial charge in [0.05, 0.1) is 19.3 Å². The number of nitrogens with two attached hydrogens (primary N) is 1. The highest BCUT2D eigenvalue weighted by Gasteiger charge is 2.18. The van der Waals surface area contributed by atoms with Crippen molar-refractivity contribution in [2.45, 2.75) is 6.42 Å². The largest absolute Gasteiger partial charge is 0.496 e. The van der Waals surface area contributed by atoms with Crippen molar-refractivity contribution in [3.63, 3.8) is 0 Å². The summed E-state index contributed by atoms with van der Waals surface area (Å²) in [6, 6.07) is 3.59. The first kappa shape index (κ1) is 9.64. The van der Waals surface area contributed by atoms with E-state index in [2.05, 4.69) is 5.16 Å². The second-order valence-corrected chi connectivity index (χ2v) is 3.24. The van der Waals surface area contributed by atoms with Crippen LogP contribution in [-0.2, 0) is 6.42 Å². The van der Waals surface area contributed by atoms with Gasteiger partial charge >= 0.3 is 0 Å². The molecule has 0 amide bonds. The number of ether oxygens (including phenoxy) is 2. The minimum Gasteiger partial charge on any atom is -0.496 e. The van der Waals surface area contributed by atoms with Crippen LogP contribution in [0.5, 0.6) is 11.5 Å². The van der Waals surface area contributed by atoms with Gasteiger partial charge in [0.15, 0.2) is 5.84 Å². The molecule has 0 saturated heterocycles. The van der Waals surface area contributed by atoms with Crippen LogP contribution in [0.2, 0.25) is 0 Å². The normalized spacial score (nSPS) is 14.6. The molecule has 0 atom stereocenters. The zero-order chi connectivity index (χ0) is 10.8. The maximum absolute atomic E-state index is 8.62. The summed E-state index contributed by atoms with van der Waals surface area (Å²) in [7, 11) is 1.55. The average Bonchev–Trinajstić information content (AvgIpc) is 2.73. The fraction of sp³-hybridized carbons (Fsp3) is 0.300. The molecule has 0 aromatic heterocycles. The van der Waals surface area contributed by atoms with Crippen molar-refractivity contribution in [1.29, 1.82) is 0 Å². The second kappa shape index (κ2) is 3.68. The van der Waals surface area contributed by atoms with Crippen LogP contribution in [-0.4, -0.2) is 24.8 Å². The monoisotopic (exact) mass is 208 g/mol. The SMILES string of the molecule is COc1cc2c(cc1/C(N)=N\O)OCC2. The first-order valence-corrected chi connectivity index (χ1v) is 4.58. The van der Waals surface area contributed by atoms with Gasteiger partial charge in [-0.2, -0.15) is 0 Å². The summed E-state index contributed by atoms with van der Waals surface area (Å²) in [6.07, 6.45) is 0.863. The lowest BCUT2D eigenvalue weighted by molar-refractivity contribution is 0.318. The molecule has 1 aliphatic rings. The van der Waals surface area contributed by atoms with Gasteiger partial charge in [-0.3, -0.25) is 0 Å². The fourth-order valence-electron chi connectivity index (χ4n) is 1.63. The van der Waals surface area contributed by atoms with Crippen molar-refractivity contribution in [3.05, 3.63) is 23.3 Å². The van der Waals surface area contributed by atoms with Crippen molar-refractivity contribution in [2.24, 2.45) is 10.9 Å². The minimum atomic E-state index is 0.0187. The van der Waals surface area contributed by atoms with Crippen LogP contribution in [0.15, 0.2) is 17.3 Å². The van der Waals surface area contributed by atoms with Crippen LogP contribution in [0.1, 0.15) is 11.1 Å². The Balaban J connectivity index is 2.53. The molecule has 1 aliphatic heterocycles. The van der Waals surface area contributed by atoms with E-state index >= 15 is 0 Å². The fourth-order valence-corrected chi connectivity index (χ4v) is 1.63. The third kappa shape index (κ3) is 1.56. The summed E-state index contributed by atoms with van der Waals surface area (Å²) in [4.78, 5) is 0. The maximum Gasteiger partial charge on any atom is 0.173 e. The lowest BCUT2D eigenvalue weighted by atomic mass is 10.1. The lowest BCUT2D eigenvalue weighted by Crippen LogP contribution is -2.14. The van der Waals surface area contributed by atoms with E-state index < -0.39 is 0 Å². The van der Waals surface area contributed by atoms with Gasteiger partial charge in [-0.15, -0.1) is 0 Å². The highest BCUT2D eigenvalue weighted by molar-refractivity contribution is 6.00. The Bertz CT molecular complexity index is 415. The summed E-state index contributed by atoms with van der Waals surface area (Å²) < 4.78 is 10.6. The number of nitrogens with zero attached hydrogens (tertiary/aromatic N) is 1. The highest BCUT2D eigenvalue weighted by Crippen LogP contribution is 2.32. The first-order valence-electron chi connectivity index (χ1n) is 4.58. The molecule has 1 aromatic rings. The van der Waals surface area contributed by atoms with E-state index in [9.17, 15) is 0 Å². The molecule has 0 saturated carbocycles. The molecule has 0 bridgehead atoms. The Morgan fingerprint density at radius 3 is 3.07 bits per heavy atom. The van der Waals surface area contributed by atoms with E-state index in [0.29, 0.717) is 17.9 Å². The van der Waals surface area contributed by atoms with Gasteiger partial charge in [0, 0.05) is 12.0 Å². The Hall–Kier alpha value is -1.91. The molecule has 15 heavy (non-hydrogen) atoms. The van der Waals surface area contributed by atoms with Gasteiger partial charge in [-0.1, -0.05) is 5.16 Å². The summed E-state index contributed by atoms with van der Waals surface area (Å²) in [5.74, 6) is 1.39. The molecule has 2 rings (SSSR count). The van der Waals surface area contributed by atoms with Gasteiger partial charge < -0.3 is 20.4 Å². The van der Waals surface area contributed by atoms with E-state index in [-0.39, 0.29) is 5.84 Å². The second-order valence-electron chi connectivity index (χ2n) is 3.24. The van der Waals surface area contributed by atoms with Gasteiger partial charge in [0.1, 0.15) is 11.5 Å². The number of oxime groups is 1. The molecule has 0 spiro atoms. The van der Waals surface area contributed by atoms with E-state index in [4.69, 9.17) is 20.4 Å². The Labute approximate surface area is 87.1 Å². The molecular weight excluding hydrogens is 196 g/mol. The Morgan fingerprint density at radius 1 is 1.60 bits per heavy atom. The Morgan fingerprint density at radius 2 is 2.40 bits per heavy atom. The number of rotatable bonds is 2. The van der Waals surface area contributed by atoms with Gasteiger partial charge in [0.25, 0.3) is 0 Å². The maximum atomic E-state index is 8.62. The number of fused-ring (bicyclic) bond motifs is 1. The summed E-state index contributed by atoms with van der Waals surface area (Å²) >= 11 is 0. The van der Waals surface area contributed by atoms with Crippen molar-refractivity contribution < 1.29 is 14.7 Å². The average molecular weight is 208 g/mol. The molecule has 1 aromatic carbocycles. The summed E-state index contributed by atoms with van der Waals surface area (Å²) in [5, 5.41) is 11.6. The predicted octanol–water partition coefficient (Wildman–Crippen LogP) is 0.725. The predicted molar refractivity (Wildman–Crippen MR) is 54.7 cm³/mol. The van der Waals surface area contributed by atoms with Crippen LogP contribution >= 0.6 is 0 Å². The molecule has 80 valence electrons. The zero-order valence-electron chi connectivity index (χ0n) is 8.36. The molecule has 0 radical (unpaired) electrons. The first-order chi connectivity index (χ1) is 7.26. The lowest BCUT2D eigenvalue weighted by Gasteiger charge is -2.09. The Kier molecular flexibility index (Phi) is 2.37. The molecule has 0 unspecified atom stereocenters. The standard InChI is InChI=1S/C10H12N2O3/c1-14-9-4-6-2-3-15-8(6)5-7(9)10(11)12-13/h4-5,13H,2-3H2,1H3,(H2,11,12). The quantitative estimate of drug-likeness (QED) is 0.325. The zero-order valence-corrected chi connectivity index (χ0v) is 8.36. The van der Waals surface area contributed by atoms with Gasteiger partial charge in [0.2, 0.25) is 0 Å². The van der Waals surface area contributed by atoms with Crippen LogP contribution < -0.4 is 15.2 Å². The highest BCUT2D eigenvalue weighted by atomic mass is 16.5.